The Hall–Kier alpha value is -2.01. The van der Waals surface area contributed by atoms with E-state index >= 15 is 0 Å². The molecule has 0 aliphatic heterocycles. The molecular weight excluding hydrogens is 280 g/mol. The predicted molar refractivity (Wildman–Crippen MR) is 74.2 cm³/mol. The fourth-order valence-electron chi connectivity index (χ4n) is 2.21. The molecule has 0 spiro atoms. The largest absolute Gasteiger partial charge is 0.477 e. The summed E-state index contributed by atoms with van der Waals surface area (Å²) >= 11 is 5.91. The Morgan fingerprint density at radius 3 is 2.95 bits per heavy atom. The Bertz CT molecular complexity index is 636. The van der Waals surface area contributed by atoms with Gasteiger partial charge in [-0.05, 0) is 37.0 Å². The van der Waals surface area contributed by atoms with E-state index in [1.807, 2.05) is 6.07 Å². The number of carboxylic acid groups (broad SMARTS) is 1. The lowest BCUT2D eigenvalue weighted by Crippen LogP contribution is -2.10. The summed E-state index contributed by atoms with van der Waals surface area (Å²) in [4.78, 5) is 15.3. The number of aromatic carboxylic acids is 1. The van der Waals surface area contributed by atoms with Gasteiger partial charge >= 0.3 is 5.97 Å². The number of carbonyl (C=O) groups is 1. The Kier molecular flexibility index (Phi) is 3.36. The van der Waals surface area contributed by atoms with Gasteiger partial charge < -0.3 is 14.8 Å². The molecule has 1 aliphatic rings. The number of nitrogens with zero attached hydrogens (tertiary/aromatic N) is 1. The maximum absolute atomic E-state index is 11.3. The number of hydrogen-bond donors (Lipinski definition) is 2. The molecule has 2 aromatic heterocycles. The van der Waals surface area contributed by atoms with Crippen molar-refractivity contribution in [3.05, 3.63) is 46.6 Å². The number of anilines is 1. The summed E-state index contributed by atoms with van der Waals surface area (Å²) < 4.78 is 5.25. The van der Waals surface area contributed by atoms with Gasteiger partial charge in [-0.25, -0.2) is 9.78 Å². The van der Waals surface area contributed by atoms with E-state index in [-0.39, 0.29) is 16.8 Å². The Morgan fingerprint density at radius 1 is 1.55 bits per heavy atom. The molecule has 104 valence electrons. The van der Waals surface area contributed by atoms with Crippen molar-refractivity contribution in [1.82, 2.24) is 4.98 Å². The third-order valence-electron chi connectivity index (χ3n) is 3.25. The first-order valence-electron chi connectivity index (χ1n) is 6.35. The lowest BCUT2D eigenvalue weighted by molar-refractivity contribution is 0.0689. The predicted octanol–water partition coefficient (Wildman–Crippen LogP) is 3.52. The first kappa shape index (κ1) is 13.0. The van der Waals surface area contributed by atoms with E-state index in [4.69, 9.17) is 16.0 Å². The van der Waals surface area contributed by atoms with Crippen LogP contribution in [0.25, 0.3) is 0 Å². The minimum Gasteiger partial charge on any atom is -0.477 e. The number of nitrogens with one attached hydrogen (secondary N) is 1. The molecule has 1 aliphatic carbocycles. The molecule has 3 rings (SSSR count). The molecule has 0 atom stereocenters. The van der Waals surface area contributed by atoms with Crippen LogP contribution in [0.15, 0.2) is 28.9 Å². The number of aromatic nitrogens is 1. The molecule has 20 heavy (non-hydrogen) atoms. The molecule has 6 heteroatoms. The van der Waals surface area contributed by atoms with E-state index in [0.29, 0.717) is 6.54 Å². The molecule has 5 nitrogen and oxygen atoms in total. The topological polar surface area (TPSA) is 75.4 Å². The fraction of sp³-hybridized carbons (Fsp3) is 0.286. The van der Waals surface area contributed by atoms with Gasteiger partial charge in [0.25, 0.3) is 0 Å². The molecule has 1 fully saturated rings. The number of pyridine rings is 1. The van der Waals surface area contributed by atoms with Gasteiger partial charge in [-0.2, -0.15) is 0 Å². The standard InChI is InChI=1S/C14H13ClN2O3/c15-11-6-10(16-7-9-2-1-5-20-9)12(8-3-4-8)13(17-11)14(18)19/h1-2,5-6,8H,3-4,7H2,(H,16,17)(H,18,19). The first-order chi connectivity index (χ1) is 9.65. The van der Waals surface area contributed by atoms with Crippen molar-refractivity contribution in [2.24, 2.45) is 0 Å². The van der Waals surface area contributed by atoms with Crippen LogP contribution >= 0.6 is 11.6 Å². The lowest BCUT2D eigenvalue weighted by Gasteiger charge is -2.13. The van der Waals surface area contributed by atoms with Crippen molar-refractivity contribution >= 4 is 23.3 Å². The van der Waals surface area contributed by atoms with E-state index in [2.05, 4.69) is 10.3 Å². The minimum absolute atomic E-state index is 0.0435. The van der Waals surface area contributed by atoms with Gasteiger partial charge in [-0.3, -0.25) is 0 Å². The van der Waals surface area contributed by atoms with E-state index in [0.717, 1.165) is 29.9 Å². The number of furan rings is 1. The maximum atomic E-state index is 11.3. The molecule has 0 amide bonds. The highest BCUT2D eigenvalue weighted by atomic mass is 35.5. The van der Waals surface area contributed by atoms with Crippen LogP contribution in [0, 0.1) is 0 Å². The highest BCUT2D eigenvalue weighted by molar-refractivity contribution is 6.29. The van der Waals surface area contributed by atoms with Crippen molar-refractivity contribution in [2.45, 2.75) is 25.3 Å². The third-order valence-corrected chi connectivity index (χ3v) is 3.44. The SMILES string of the molecule is O=C(O)c1nc(Cl)cc(NCc2ccco2)c1C1CC1. The molecule has 0 bridgehead atoms. The van der Waals surface area contributed by atoms with Crippen molar-refractivity contribution in [3.63, 3.8) is 0 Å². The van der Waals surface area contributed by atoms with Gasteiger partial charge in [0.05, 0.1) is 12.8 Å². The first-order valence-corrected chi connectivity index (χ1v) is 6.73. The summed E-state index contributed by atoms with van der Waals surface area (Å²) in [6.45, 7) is 0.478. The van der Waals surface area contributed by atoms with Gasteiger partial charge in [-0.15, -0.1) is 0 Å². The van der Waals surface area contributed by atoms with Crippen LogP contribution in [0.5, 0.6) is 0 Å². The summed E-state index contributed by atoms with van der Waals surface area (Å²) in [7, 11) is 0. The van der Waals surface area contributed by atoms with E-state index in [9.17, 15) is 9.90 Å². The Labute approximate surface area is 120 Å². The van der Waals surface area contributed by atoms with Crippen LogP contribution < -0.4 is 5.32 Å². The second-order valence-electron chi connectivity index (χ2n) is 4.77. The van der Waals surface area contributed by atoms with Crippen LogP contribution in [0.4, 0.5) is 5.69 Å². The quantitative estimate of drug-likeness (QED) is 0.825. The fourth-order valence-corrected chi connectivity index (χ4v) is 2.41. The molecule has 0 radical (unpaired) electrons. The molecule has 0 unspecified atom stereocenters. The van der Waals surface area contributed by atoms with Crippen molar-refractivity contribution in [2.75, 3.05) is 5.32 Å². The van der Waals surface area contributed by atoms with Gasteiger partial charge in [0.2, 0.25) is 0 Å². The maximum Gasteiger partial charge on any atom is 0.354 e. The average Bonchev–Trinajstić information content (AvgIpc) is 3.11. The van der Waals surface area contributed by atoms with Gasteiger partial charge in [0, 0.05) is 11.3 Å². The minimum atomic E-state index is -1.05. The van der Waals surface area contributed by atoms with Gasteiger partial charge in [0.1, 0.15) is 10.9 Å². The summed E-state index contributed by atoms with van der Waals surface area (Å²) in [5.41, 5.74) is 1.51. The van der Waals surface area contributed by atoms with E-state index < -0.39 is 5.97 Å². The van der Waals surface area contributed by atoms with E-state index in [1.165, 1.54) is 0 Å². The molecule has 0 saturated heterocycles. The zero-order valence-electron chi connectivity index (χ0n) is 10.6. The molecule has 2 heterocycles. The van der Waals surface area contributed by atoms with E-state index in [1.54, 1.807) is 18.4 Å². The lowest BCUT2D eigenvalue weighted by atomic mass is 10.1. The smallest absolute Gasteiger partial charge is 0.354 e. The highest BCUT2D eigenvalue weighted by Gasteiger charge is 2.32. The molecule has 2 N–H and O–H groups in total. The second kappa shape index (κ2) is 5.17. The molecule has 2 aromatic rings. The van der Waals surface area contributed by atoms with Crippen LogP contribution in [0.3, 0.4) is 0 Å². The highest BCUT2D eigenvalue weighted by Crippen LogP contribution is 2.45. The third kappa shape index (κ3) is 2.63. The number of hydrogen-bond acceptors (Lipinski definition) is 4. The van der Waals surface area contributed by atoms with Crippen LogP contribution in [0.1, 0.15) is 40.6 Å². The second-order valence-corrected chi connectivity index (χ2v) is 5.15. The van der Waals surface area contributed by atoms with Crippen molar-refractivity contribution in [3.8, 4) is 0 Å². The Balaban J connectivity index is 1.93. The Morgan fingerprint density at radius 2 is 2.35 bits per heavy atom. The monoisotopic (exact) mass is 292 g/mol. The van der Waals surface area contributed by atoms with Gasteiger partial charge in [-0.1, -0.05) is 11.6 Å². The summed E-state index contributed by atoms with van der Waals surface area (Å²) in [6.07, 6.45) is 3.57. The normalized spacial score (nSPS) is 14.2. The number of carboxylic acids is 1. The molecule has 1 saturated carbocycles. The van der Waals surface area contributed by atoms with Crippen molar-refractivity contribution in [1.29, 1.82) is 0 Å². The van der Waals surface area contributed by atoms with Crippen LogP contribution in [0.2, 0.25) is 5.15 Å². The van der Waals surface area contributed by atoms with Gasteiger partial charge in [0.15, 0.2) is 5.69 Å². The molecular formula is C14H13ClN2O3. The number of rotatable bonds is 5. The zero-order chi connectivity index (χ0) is 14.1. The summed E-state index contributed by atoms with van der Waals surface area (Å²) in [5, 5.41) is 12.6. The zero-order valence-corrected chi connectivity index (χ0v) is 11.4. The number of halogens is 1. The molecule has 0 aromatic carbocycles. The average molecular weight is 293 g/mol. The van der Waals surface area contributed by atoms with Crippen LogP contribution in [-0.2, 0) is 6.54 Å². The summed E-state index contributed by atoms with van der Waals surface area (Å²) in [5.74, 6) is -0.0167. The van der Waals surface area contributed by atoms with Crippen LogP contribution in [-0.4, -0.2) is 16.1 Å². The van der Waals surface area contributed by atoms with Crippen molar-refractivity contribution < 1.29 is 14.3 Å². The summed E-state index contributed by atoms with van der Waals surface area (Å²) in [6, 6.07) is 5.33.